The number of esters is 1. The summed E-state index contributed by atoms with van der Waals surface area (Å²) in [6.45, 7) is 4.47. The highest BCUT2D eigenvalue weighted by Crippen LogP contribution is 2.18. The van der Waals surface area contributed by atoms with Gasteiger partial charge < -0.3 is 9.84 Å². The van der Waals surface area contributed by atoms with Gasteiger partial charge >= 0.3 is 11.9 Å². The van der Waals surface area contributed by atoms with Crippen molar-refractivity contribution in [2.45, 2.75) is 142 Å². The predicted molar refractivity (Wildman–Crippen MR) is 117 cm³/mol. The molecule has 28 heavy (non-hydrogen) atoms. The van der Waals surface area contributed by atoms with Crippen LogP contribution in [-0.2, 0) is 14.3 Å². The molecule has 0 amide bonds. The van der Waals surface area contributed by atoms with Crippen molar-refractivity contribution < 1.29 is 19.4 Å². The van der Waals surface area contributed by atoms with Crippen molar-refractivity contribution in [1.29, 1.82) is 0 Å². The third-order valence-corrected chi connectivity index (χ3v) is 5.33. The molecule has 0 saturated carbocycles. The summed E-state index contributed by atoms with van der Waals surface area (Å²) in [4.78, 5) is 22.7. The Kier molecular flexibility index (Phi) is 19.9. The maximum atomic E-state index is 12.2. The van der Waals surface area contributed by atoms with E-state index in [4.69, 9.17) is 9.84 Å². The molecule has 0 aromatic rings. The fourth-order valence-corrected chi connectivity index (χ4v) is 3.53. The second kappa shape index (κ2) is 20.7. The third kappa shape index (κ3) is 19.7. The molecule has 166 valence electrons. The number of rotatable bonds is 21. The van der Waals surface area contributed by atoms with E-state index in [0.29, 0.717) is 12.8 Å². The average Bonchev–Trinajstić information content (AvgIpc) is 2.66. The molecule has 0 fully saturated rings. The molecule has 0 unspecified atom stereocenters. The molecule has 0 heterocycles. The molecule has 0 rings (SSSR count). The fourth-order valence-electron chi connectivity index (χ4n) is 3.53. The summed E-state index contributed by atoms with van der Waals surface area (Å²) in [7, 11) is 0. The average molecular weight is 399 g/mol. The lowest BCUT2D eigenvalue weighted by molar-refractivity contribution is -0.150. The van der Waals surface area contributed by atoms with Gasteiger partial charge in [0, 0.05) is 12.8 Å². The zero-order valence-corrected chi connectivity index (χ0v) is 18.7. The number of carbonyl (C=O) groups excluding carboxylic acids is 1. The van der Waals surface area contributed by atoms with Gasteiger partial charge in [-0.15, -0.1) is 0 Å². The zero-order valence-electron chi connectivity index (χ0n) is 18.7. The van der Waals surface area contributed by atoms with Crippen LogP contribution in [0.5, 0.6) is 0 Å². The van der Waals surface area contributed by atoms with Crippen LogP contribution in [0.1, 0.15) is 136 Å². The van der Waals surface area contributed by atoms with Crippen molar-refractivity contribution in [3.63, 3.8) is 0 Å². The van der Waals surface area contributed by atoms with E-state index in [1.165, 1.54) is 64.2 Å². The van der Waals surface area contributed by atoms with Crippen LogP contribution in [0.15, 0.2) is 0 Å². The lowest BCUT2D eigenvalue weighted by Gasteiger charge is -2.18. The molecule has 0 saturated heterocycles. The highest BCUT2D eigenvalue weighted by Gasteiger charge is 2.14. The summed E-state index contributed by atoms with van der Waals surface area (Å²) in [5, 5.41) is 8.65. The summed E-state index contributed by atoms with van der Waals surface area (Å²) in [6, 6.07) is 0. The molecule has 0 aromatic carbocycles. The molecule has 0 bridgehead atoms. The molecule has 0 aromatic heterocycles. The number of carbonyl (C=O) groups is 2. The Morgan fingerprint density at radius 2 is 1.07 bits per heavy atom. The molecule has 4 heteroatoms. The zero-order chi connectivity index (χ0) is 20.9. The second-order valence-corrected chi connectivity index (χ2v) is 8.18. The van der Waals surface area contributed by atoms with Gasteiger partial charge in [0.1, 0.15) is 6.10 Å². The van der Waals surface area contributed by atoms with Crippen molar-refractivity contribution in [3.8, 4) is 0 Å². The maximum absolute atomic E-state index is 12.2. The summed E-state index contributed by atoms with van der Waals surface area (Å²) in [5.41, 5.74) is 0. The molecule has 0 spiro atoms. The van der Waals surface area contributed by atoms with Gasteiger partial charge in [-0.1, -0.05) is 84.5 Å². The molecule has 1 N–H and O–H groups in total. The number of unbranched alkanes of at least 4 members (excludes halogenated alkanes) is 12. The van der Waals surface area contributed by atoms with Gasteiger partial charge in [-0.05, 0) is 38.5 Å². The van der Waals surface area contributed by atoms with Gasteiger partial charge in [-0.2, -0.15) is 0 Å². The van der Waals surface area contributed by atoms with Crippen molar-refractivity contribution in [2.75, 3.05) is 0 Å². The van der Waals surface area contributed by atoms with E-state index in [-0.39, 0.29) is 18.5 Å². The van der Waals surface area contributed by atoms with Crippen LogP contribution in [0.25, 0.3) is 0 Å². The van der Waals surface area contributed by atoms with Crippen molar-refractivity contribution in [1.82, 2.24) is 0 Å². The van der Waals surface area contributed by atoms with Gasteiger partial charge in [-0.3, -0.25) is 9.59 Å². The lowest BCUT2D eigenvalue weighted by Crippen LogP contribution is -2.18. The standard InChI is InChI=1S/C24H46O4/c1-3-5-7-9-11-14-18-22(19-15-12-10-8-6-4-2)28-24(27)21-17-13-16-20-23(25)26/h22H,3-21H2,1-2H3,(H,25,26). The number of aliphatic carboxylic acids is 1. The number of carboxylic acid groups (broad SMARTS) is 1. The molecular formula is C24H46O4. The largest absolute Gasteiger partial charge is 0.481 e. The van der Waals surface area contributed by atoms with E-state index in [1.807, 2.05) is 0 Å². The van der Waals surface area contributed by atoms with E-state index in [0.717, 1.165) is 38.5 Å². The summed E-state index contributed by atoms with van der Waals surface area (Å²) in [6.07, 6.45) is 20.0. The molecule has 0 atom stereocenters. The summed E-state index contributed by atoms with van der Waals surface area (Å²) >= 11 is 0. The first-order chi connectivity index (χ1) is 13.6. The maximum Gasteiger partial charge on any atom is 0.306 e. The third-order valence-electron chi connectivity index (χ3n) is 5.33. The summed E-state index contributed by atoms with van der Waals surface area (Å²) < 4.78 is 5.78. The Bertz CT molecular complexity index is 352. The van der Waals surface area contributed by atoms with Crippen LogP contribution >= 0.6 is 0 Å². The van der Waals surface area contributed by atoms with E-state index in [2.05, 4.69) is 13.8 Å². The molecule has 0 radical (unpaired) electrons. The van der Waals surface area contributed by atoms with Crippen LogP contribution in [0.2, 0.25) is 0 Å². The Balaban J connectivity index is 4.04. The van der Waals surface area contributed by atoms with Crippen LogP contribution in [0.3, 0.4) is 0 Å². The van der Waals surface area contributed by atoms with E-state index >= 15 is 0 Å². The number of carboxylic acids is 1. The van der Waals surface area contributed by atoms with Crippen molar-refractivity contribution >= 4 is 11.9 Å². The molecule has 0 aliphatic rings. The van der Waals surface area contributed by atoms with Gasteiger partial charge in [-0.25, -0.2) is 0 Å². The highest BCUT2D eigenvalue weighted by atomic mass is 16.5. The molecule has 0 aliphatic heterocycles. The van der Waals surface area contributed by atoms with Crippen LogP contribution in [0.4, 0.5) is 0 Å². The lowest BCUT2D eigenvalue weighted by atomic mass is 10.0. The van der Waals surface area contributed by atoms with Crippen LogP contribution < -0.4 is 0 Å². The van der Waals surface area contributed by atoms with Gasteiger partial charge in [0.05, 0.1) is 0 Å². The topological polar surface area (TPSA) is 63.6 Å². The Morgan fingerprint density at radius 1 is 0.643 bits per heavy atom. The van der Waals surface area contributed by atoms with E-state index in [1.54, 1.807) is 0 Å². The number of hydrogen-bond acceptors (Lipinski definition) is 3. The smallest absolute Gasteiger partial charge is 0.306 e. The quantitative estimate of drug-likeness (QED) is 0.161. The molecule has 0 aliphatic carbocycles. The first kappa shape index (κ1) is 26.9. The monoisotopic (exact) mass is 398 g/mol. The van der Waals surface area contributed by atoms with Crippen molar-refractivity contribution in [2.24, 2.45) is 0 Å². The normalized spacial score (nSPS) is 11.1. The highest BCUT2D eigenvalue weighted by molar-refractivity contribution is 5.69. The minimum Gasteiger partial charge on any atom is -0.481 e. The first-order valence-electron chi connectivity index (χ1n) is 12.0. The van der Waals surface area contributed by atoms with E-state index in [9.17, 15) is 9.59 Å². The number of hydrogen-bond donors (Lipinski definition) is 1. The Hall–Kier alpha value is -1.06. The van der Waals surface area contributed by atoms with Gasteiger partial charge in [0.15, 0.2) is 0 Å². The second-order valence-electron chi connectivity index (χ2n) is 8.18. The van der Waals surface area contributed by atoms with Crippen molar-refractivity contribution in [3.05, 3.63) is 0 Å². The van der Waals surface area contributed by atoms with Crippen LogP contribution in [-0.4, -0.2) is 23.1 Å². The molecular weight excluding hydrogens is 352 g/mol. The molecule has 4 nitrogen and oxygen atoms in total. The summed E-state index contributed by atoms with van der Waals surface area (Å²) in [5.74, 6) is -0.863. The van der Waals surface area contributed by atoms with Gasteiger partial charge in [0.25, 0.3) is 0 Å². The van der Waals surface area contributed by atoms with E-state index < -0.39 is 5.97 Å². The van der Waals surface area contributed by atoms with Crippen LogP contribution in [0, 0.1) is 0 Å². The first-order valence-corrected chi connectivity index (χ1v) is 12.0. The minimum absolute atomic E-state index is 0.0730. The Morgan fingerprint density at radius 3 is 1.57 bits per heavy atom. The minimum atomic E-state index is -0.763. The number of ether oxygens (including phenoxy) is 1. The van der Waals surface area contributed by atoms with Gasteiger partial charge in [0.2, 0.25) is 0 Å². The predicted octanol–water partition coefficient (Wildman–Crippen LogP) is 7.43. The fraction of sp³-hybridized carbons (Fsp3) is 0.917. The Labute approximate surface area is 173 Å². The SMILES string of the molecule is CCCCCCCCC(CCCCCCCC)OC(=O)CCCCCC(=O)O.